The molecule has 1 atom stereocenters. The maximum absolute atomic E-state index is 3.48. The minimum Gasteiger partial charge on any atom is -1.00 e. The fourth-order valence-electron chi connectivity index (χ4n) is 5.75. The van der Waals surface area contributed by atoms with E-state index in [-0.39, 0.29) is 41.1 Å². The maximum Gasteiger partial charge on any atom is -0.0145 e. The Kier molecular flexibility index (Phi) is 15.5. The van der Waals surface area contributed by atoms with Crippen molar-refractivity contribution in [3.05, 3.63) is 112 Å². The van der Waals surface area contributed by atoms with Crippen LogP contribution in [0, 0.1) is 17.4 Å². The van der Waals surface area contributed by atoms with Gasteiger partial charge >= 0.3 is 89.5 Å². The predicted molar refractivity (Wildman–Crippen MR) is 199 cm³/mol. The Morgan fingerprint density at radius 1 is 0.638 bits per heavy atom. The molecule has 0 nitrogen and oxygen atoms in total. The molecule has 3 heteroatoms. The average Bonchev–Trinajstić information content (AvgIpc) is 3.51. The third kappa shape index (κ3) is 11.7. The van der Waals surface area contributed by atoms with Gasteiger partial charge in [-0.3, -0.25) is 6.08 Å². The van der Waals surface area contributed by atoms with Crippen molar-refractivity contribution in [2.45, 2.75) is 120 Å². The molecule has 0 bridgehead atoms. The number of hydrogen-bond acceptors (Lipinski definition) is 0. The Labute approximate surface area is 315 Å². The Bertz CT molecular complexity index is 1600. The fraction of sp³-hybridized carbons (Fsp3) is 0.455. The molecule has 4 aromatic carbocycles. The van der Waals surface area contributed by atoms with E-state index >= 15 is 0 Å². The van der Waals surface area contributed by atoms with E-state index in [1.165, 1.54) is 79.2 Å². The molecule has 0 aromatic heterocycles. The molecule has 0 saturated carbocycles. The van der Waals surface area contributed by atoms with Crippen LogP contribution in [0.4, 0.5) is 0 Å². The largest absolute Gasteiger partial charge is 1.00 e. The second-order valence-corrected chi connectivity index (χ2v) is 17.6. The van der Waals surface area contributed by atoms with Crippen molar-refractivity contribution < 1.29 is 49.0 Å². The Morgan fingerprint density at radius 2 is 1.04 bits per heavy atom. The van der Waals surface area contributed by atoms with Crippen LogP contribution in [0.3, 0.4) is 0 Å². The topological polar surface area (TPSA) is 0 Å². The van der Waals surface area contributed by atoms with Crippen LogP contribution in [0.5, 0.6) is 0 Å². The van der Waals surface area contributed by atoms with Crippen molar-refractivity contribution in [3.63, 3.8) is 0 Å². The van der Waals surface area contributed by atoms with Crippen LogP contribution >= 0.6 is 0 Å². The molecule has 1 unspecified atom stereocenters. The monoisotopic (exact) mass is 746 g/mol. The van der Waals surface area contributed by atoms with Gasteiger partial charge in [-0.25, -0.2) is 5.57 Å². The first-order valence-corrected chi connectivity index (χ1v) is 18.2. The minimum atomic E-state index is 0. The van der Waals surface area contributed by atoms with Gasteiger partial charge in [0.2, 0.25) is 0 Å². The molecule has 47 heavy (non-hydrogen) atoms. The van der Waals surface area contributed by atoms with Crippen molar-refractivity contribution in [1.29, 1.82) is 0 Å². The van der Waals surface area contributed by atoms with E-state index in [4.69, 9.17) is 0 Å². The van der Waals surface area contributed by atoms with Gasteiger partial charge in [0.05, 0.1) is 0 Å². The Balaban J connectivity index is 0.000000369. The molecule has 0 radical (unpaired) electrons. The van der Waals surface area contributed by atoms with E-state index in [0.29, 0.717) is 11.3 Å². The van der Waals surface area contributed by atoms with Gasteiger partial charge in [0.15, 0.2) is 0 Å². The molecule has 1 aliphatic carbocycles. The number of halogens is 2. The van der Waals surface area contributed by atoms with E-state index < -0.39 is 0 Å². The predicted octanol–water partition coefficient (Wildman–Crippen LogP) is 6.74. The molecular formula is C44H58Cl2Zr-2. The number of hydrogen-bond donors (Lipinski definition) is 0. The number of fused-ring (bicyclic) bond motifs is 3. The molecule has 0 saturated heterocycles. The van der Waals surface area contributed by atoms with Gasteiger partial charge in [0.25, 0.3) is 0 Å². The summed E-state index contributed by atoms with van der Waals surface area (Å²) >= 11 is 1.46. The molecular weight excluding hydrogens is 691 g/mol. The molecule has 0 N–H and O–H groups in total. The fourth-order valence-corrected chi connectivity index (χ4v) is 6.22. The second kappa shape index (κ2) is 16.8. The average molecular weight is 749 g/mol. The Morgan fingerprint density at radius 3 is 1.36 bits per heavy atom. The van der Waals surface area contributed by atoms with E-state index in [2.05, 4.69) is 180 Å². The van der Waals surface area contributed by atoms with Crippen LogP contribution in [0.1, 0.15) is 126 Å². The molecule has 0 spiro atoms. The first kappa shape index (κ1) is 43.4. The summed E-state index contributed by atoms with van der Waals surface area (Å²) < 4.78 is 2.21. The van der Waals surface area contributed by atoms with Crippen molar-refractivity contribution in [2.75, 3.05) is 0 Å². The summed E-state index contributed by atoms with van der Waals surface area (Å²) in [6.07, 6.45) is 6.95. The van der Waals surface area contributed by atoms with E-state index in [1.807, 2.05) is 0 Å². The maximum atomic E-state index is 3.48. The third-order valence-corrected chi connectivity index (χ3v) is 9.51. The zero-order valence-electron chi connectivity index (χ0n) is 31.5. The summed E-state index contributed by atoms with van der Waals surface area (Å²) in [6.45, 7) is 31.6. The SMILES string of the molecule is CC(C)(C)c1ccc([CH]=[Zr+2])cc1.CC(C)(C)c1ccc2[cH-]c3ccc(C(C)(C)C)cc3c2c1.CCC1=[C-]C(C)C=C1C(C)(C)C.[Cl-].[Cl-]. The second-order valence-electron chi connectivity index (χ2n) is 16.9. The van der Waals surface area contributed by atoms with Crippen LogP contribution < -0.4 is 24.8 Å². The summed E-state index contributed by atoms with van der Waals surface area (Å²) in [6, 6.07) is 25.0. The number of allylic oxidation sites excluding steroid dienone is 4. The van der Waals surface area contributed by atoms with Crippen molar-refractivity contribution in [3.8, 4) is 0 Å². The first-order chi connectivity index (χ1) is 20.6. The molecule has 0 fully saturated rings. The summed E-state index contributed by atoms with van der Waals surface area (Å²) in [7, 11) is 0. The van der Waals surface area contributed by atoms with Crippen LogP contribution in [0.2, 0.25) is 0 Å². The van der Waals surface area contributed by atoms with E-state index in [9.17, 15) is 0 Å². The van der Waals surface area contributed by atoms with E-state index in [1.54, 1.807) is 0 Å². The minimum absolute atomic E-state index is 0. The van der Waals surface area contributed by atoms with Gasteiger partial charge in [-0.1, -0.05) is 129 Å². The quantitative estimate of drug-likeness (QED) is 0.199. The zero-order chi connectivity index (χ0) is 34.0. The normalized spacial score (nSPS) is 14.9. The smallest absolute Gasteiger partial charge is 0.0145 e. The zero-order valence-corrected chi connectivity index (χ0v) is 35.5. The standard InChI is InChI=1S/C21H25.C12H19.C11H14.2ClH.Zr/c1-20(2,3)16-9-7-14-11-15-8-10-17(21(4,5)6)13-19(15)18(14)12-16;1-6-10-7-9(2)8-11(10)12(3,4)5;1-9-5-7-10(8-6-9)11(2,3)4;;;/h7-13H,1-6H3;8-9H,6H2,1-5H3;1,5-8H,2-4H3;2*1H;/q2*-1;;;;+2/p-2. The number of benzene rings is 3. The van der Waals surface area contributed by atoms with Crippen molar-refractivity contribution in [2.24, 2.45) is 11.3 Å². The van der Waals surface area contributed by atoms with Gasteiger partial charge < -0.3 is 24.8 Å². The van der Waals surface area contributed by atoms with Crippen LogP contribution in [0.25, 0.3) is 21.5 Å². The summed E-state index contributed by atoms with van der Waals surface area (Å²) in [5.74, 6) is 0.522. The summed E-state index contributed by atoms with van der Waals surface area (Å²) in [5, 5.41) is 5.49. The molecule has 0 amide bonds. The molecule has 0 heterocycles. The first-order valence-electron chi connectivity index (χ1n) is 16.8. The van der Waals surface area contributed by atoms with Gasteiger partial charge in [0, 0.05) is 0 Å². The van der Waals surface area contributed by atoms with Crippen LogP contribution in [-0.2, 0) is 40.5 Å². The molecule has 4 aromatic rings. The Hall–Kier alpha value is -1.66. The van der Waals surface area contributed by atoms with Gasteiger partial charge in [-0.2, -0.15) is 11.6 Å². The van der Waals surface area contributed by atoms with Crippen LogP contribution in [-0.4, -0.2) is 3.71 Å². The van der Waals surface area contributed by atoms with Gasteiger partial charge in [-0.05, 0) is 10.8 Å². The summed E-state index contributed by atoms with van der Waals surface area (Å²) in [4.78, 5) is 0. The molecule has 1 aliphatic rings. The van der Waals surface area contributed by atoms with Gasteiger partial charge in [0.1, 0.15) is 0 Å². The third-order valence-electron chi connectivity index (χ3n) is 8.69. The molecule has 254 valence electrons. The van der Waals surface area contributed by atoms with Crippen molar-refractivity contribution >= 4 is 25.3 Å². The van der Waals surface area contributed by atoms with E-state index in [0.717, 1.165) is 6.42 Å². The van der Waals surface area contributed by atoms with Crippen LogP contribution in [0.15, 0.2) is 84.0 Å². The molecule has 5 rings (SSSR count). The number of rotatable bonds is 2. The van der Waals surface area contributed by atoms with Crippen molar-refractivity contribution in [1.82, 2.24) is 0 Å². The molecule has 0 aliphatic heterocycles. The summed E-state index contributed by atoms with van der Waals surface area (Å²) in [5.41, 5.74) is 9.44. The van der Waals surface area contributed by atoms with Gasteiger partial charge in [-0.15, -0.1) is 39.7 Å².